The molecule has 0 radical (unpaired) electrons. The van der Waals surface area contributed by atoms with Crippen molar-refractivity contribution in [3.05, 3.63) is 23.8 Å². The van der Waals surface area contributed by atoms with Crippen molar-refractivity contribution in [1.82, 2.24) is 0 Å². The zero-order chi connectivity index (χ0) is 12.4. The van der Waals surface area contributed by atoms with Crippen LogP contribution in [-0.4, -0.2) is 23.7 Å². The number of piperidine rings is 1. The van der Waals surface area contributed by atoms with E-state index in [0.717, 1.165) is 12.2 Å². The van der Waals surface area contributed by atoms with Crippen molar-refractivity contribution < 1.29 is 9.90 Å². The molecule has 1 saturated heterocycles. The van der Waals surface area contributed by atoms with Crippen LogP contribution in [0, 0.1) is 0 Å². The van der Waals surface area contributed by atoms with Crippen LogP contribution in [0.3, 0.4) is 0 Å². The molecule has 0 aliphatic carbocycles. The van der Waals surface area contributed by atoms with Crippen molar-refractivity contribution >= 4 is 17.3 Å². The van der Waals surface area contributed by atoms with E-state index in [-0.39, 0.29) is 5.56 Å². The van der Waals surface area contributed by atoms with E-state index in [1.807, 2.05) is 6.07 Å². The number of carboxylic acid groups (broad SMARTS) is 1. The third kappa shape index (κ3) is 2.35. The third-order valence-electron chi connectivity index (χ3n) is 3.40. The van der Waals surface area contributed by atoms with Gasteiger partial charge in [-0.2, -0.15) is 0 Å². The summed E-state index contributed by atoms with van der Waals surface area (Å²) in [5.41, 5.74) is 7.31. The van der Waals surface area contributed by atoms with Gasteiger partial charge >= 0.3 is 5.97 Å². The summed E-state index contributed by atoms with van der Waals surface area (Å²) in [4.78, 5) is 13.2. The lowest BCUT2D eigenvalue weighted by Crippen LogP contribution is -2.37. The van der Waals surface area contributed by atoms with Crippen molar-refractivity contribution in [3.8, 4) is 0 Å². The molecule has 1 aliphatic heterocycles. The summed E-state index contributed by atoms with van der Waals surface area (Å²) in [5, 5.41) is 8.93. The fourth-order valence-electron chi connectivity index (χ4n) is 2.41. The highest BCUT2D eigenvalue weighted by atomic mass is 16.4. The molecule has 1 heterocycles. The van der Waals surface area contributed by atoms with Gasteiger partial charge in [-0.1, -0.05) is 0 Å². The van der Waals surface area contributed by atoms with Gasteiger partial charge in [-0.3, -0.25) is 0 Å². The Balaban J connectivity index is 2.27. The van der Waals surface area contributed by atoms with E-state index in [0.29, 0.717) is 11.7 Å². The monoisotopic (exact) mass is 234 g/mol. The maximum Gasteiger partial charge on any atom is 0.337 e. The molecule has 4 nitrogen and oxygen atoms in total. The molecule has 1 aliphatic rings. The van der Waals surface area contributed by atoms with Gasteiger partial charge in [-0.15, -0.1) is 0 Å². The molecule has 1 atom stereocenters. The molecule has 1 aromatic rings. The Morgan fingerprint density at radius 3 is 2.82 bits per heavy atom. The third-order valence-corrected chi connectivity index (χ3v) is 3.40. The standard InChI is InChI=1S/C13H18N2O2/c1-9-4-2-3-7-15(9)10-5-6-11(13(16)17)12(14)8-10/h5-6,8-9H,2-4,7,14H2,1H3,(H,16,17). The summed E-state index contributed by atoms with van der Waals surface area (Å²) in [6, 6.07) is 5.71. The molecule has 3 N–H and O–H groups in total. The van der Waals surface area contributed by atoms with Crippen LogP contribution in [0.1, 0.15) is 36.5 Å². The summed E-state index contributed by atoms with van der Waals surface area (Å²) >= 11 is 0. The fraction of sp³-hybridized carbons (Fsp3) is 0.462. The van der Waals surface area contributed by atoms with Crippen LogP contribution in [0.4, 0.5) is 11.4 Å². The minimum absolute atomic E-state index is 0.179. The summed E-state index contributed by atoms with van der Waals surface area (Å²) in [6.07, 6.45) is 3.63. The van der Waals surface area contributed by atoms with Gasteiger partial charge in [0.15, 0.2) is 0 Å². The molecule has 1 unspecified atom stereocenters. The average Bonchev–Trinajstić information content (AvgIpc) is 2.29. The number of hydrogen-bond donors (Lipinski definition) is 2. The van der Waals surface area contributed by atoms with Crippen molar-refractivity contribution in [3.63, 3.8) is 0 Å². The minimum atomic E-state index is -0.972. The Kier molecular flexibility index (Phi) is 3.22. The van der Waals surface area contributed by atoms with E-state index in [9.17, 15) is 4.79 Å². The highest BCUT2D eigenvalue weighted by molar-refractivity contribution is 5.94. The van der Waals surface area contributed by atoms with Gasteiger partial charge < -0.3 is 15.7 Å². The molecule has 1 aromatic carbocycles. The fourth-order valence-corrected chi connectivity index (χ4v) is 2.41. The van der Waals surface area contributed by atoms with Crippen molar-refractivity contribution in [2.75, 3.05) is 17.2 Å². The zero-order valence-electron chi connectivity index (χ0n) is 10.0. The topological polar surface area (TPSA) is 66.6 Å². The number of aromatic carboxylic acids is 1. The first-order valence-corrected chi connectivity index (χ1v) is 5.99. The normalized spacial score (nSPS) is 20.3. The predicted molar refractivity (Wildman–Crippen MR) is 68.5 cm³/mol. The highest BCUT2D eigenvalue weighted by Crippen LogP contribution is 2.27. The van der Waals surface area contributed by atoms with E-state index >= 15 is 0 Å². The summed E-state index contributed by atoms with van der Waals surface area (Å²) in [7, 11) is 0. The van der Waals surface area contributed by atoms with E-state index in [1.165, 1.54) is 19.3 Å². The van der Waals surface area contributed by atoms with Gasteiger partial charge in [0.05, 0.1) is 5.56 Å². The average molecular weight is 234 g/mol. The van der Waals surface area contributed by atoms with Crippen molar-refractivity contribution in [2.45, 2.75) is 32.2 Å². The van der Waals surface area contributed by atoms with E-state index < -0.39 is 5.97 Å². The Bertz CT molecular complexity index is 431. The Hall–Kier alpha value is -1.71. The Morgan fingerprint density at radius 1 is 1.47 bits per heavy atom. The van der Waals surface area contributed by atoms with E-state index in [4.69, 9.17) is 10.8 Å². The molecule has 2 rings (SSSR count). The first kappa shape index (κ1) is 11.8. The molecule has 17 heavy (non-hydrogen) atoms. The second-order valence-electron chi connectivity index (χ2n) is 4.61. The molecule has 0 spiro atoms. The van der Waals surface area contributed by atoms with E-state index in [1.54, 1.807) is 12.1 Å². The molecule has 0 saturated carbocycles. The number of benzene rings is 1. The quantitative estimate of drug-likeness (QED) is 0.771. The Morgan fingerprint density at radius 2 is 2.24 bits per heavy atom. The first-order chi connectivity index (χ1) is 8.09. The van der Waals surface area contributed by atoms with Crippen LogP contribution in [0.25, 0.3) is 0 Å². The van der Waals surface area contributed by atoms with Gasteiger partial charge in [0, 0.05) is 24.0 Å². The number of nitrogen functional groups attached to an aromatic ring is 1. The Labute approximate surface area is 101 Å². The smallest absolute Gasteiger partial charge is 0.337 e. The van der Waals surface area contributed by atoms with Crippen LogP contribution in [-0.2, 0) is 0 Å². The van der Waals surface area contributed by atoms with Gasteiger partial charge in [-0.05, 0) is 44.4 Å². The molecule has 1 fully saturated rings. The maximum atomic E-state index is 10.9. The molecule has 0 aromatic heterocycles. The van der Waals surface area contributed by atoms with Crippen LogP contribution in [0.15, 0.2) is 18.2 Å². The lowest BCUT2D eigenvalue weighted by molar-refractivity contribution is 0.0698. The second-order valence-corrected chi connectivity index (χ2v) is 4.61. The lowest BCUT2D eigenvalue weighted by atomic mass is 10.0. The van der Waals surface area contributed by atoms with Crippen LogP contribution < -0.4 is 10.6 Å². The largest absolute Gasteiger partial charge is 0.478 e. The van der Waals surface area contributed by atoms with E-state index in [2.05, 4.69) is 11.8 Å². The van der Waals surface area contributed by atoms with Crippen LogP contribution in [0.5, 0.6) is 0 Å². The number of carbonyl (C=O) groups is 1. The minimum Gasteiger partial charge on any atom is -0.478 e. The molecule has 4 heteroatoms. The zero-order valence-corrected chi connectivity index (χ0v) is 10.0. The van der Waals surface area contributed by atoms with Gasteiger partial charge in [0.2, 0.25) is 0 Å². The second kappa shape index (κ2) is 4.65. The maximum absolute atomic E-state index is 10.9. The summed E-state index contributed by atoms with van der Waals surface area (Å²) in [5.74, 6) is -0.972. The van der Waals surface area contributed by atoms with Crippen molar-refractivity contribution in [1.29, 1.82) is 0 Å². The van der Waals surface area contributed by atoms with Gasteiger partial charge in [-0.25, -0.2) is 4.79 Å². The molecule has 0 bridgehead atoms. The summed E-state index contributed by atoms with van der Waals surface area (Å²) < 4.78 is 0. The molecular formula is C13H18N2O2. The first-order valence-electron chi connectivity index (χ1n) is 5.99. The predicted octanol–water partition coefficient (Wildman–Crippen LogP) is 2.35. The SMILES string of the molecule is CC1CCCCN1c1ccc(C(=O)O)c(N)c1. The number of carboxylic acids is 1. The lowest BCUT2D eigenvalue weighted by Gasteiger charge is -2.35. The van der Waals surface area contributed by atoms with Gasteiger partial charge in [0.1, 0.15) is 0 Å². The van der Waals surface area contributed by atoms with Gasteiger partial charge in [0.25, 0.3) is 0 Å². The highest BCUT2D eigenvalue weighted by Gasteiger charge is 2.19. The molecular weight excluding hydrogens is 216 g/mol. The van der Waals surface area contributed by atoms with Crippen molar-refractivity contribution in [2.24, 2.45) is 0 Å². The number of anilines is 2. The number of hydrogen-bond acceptors (Lipinski definition) is 3. The summed E-state index contributed by atoms with van der Waals surface area (Å²) in [6.45, 7) is 3.22. The number of rotatable bonds is 2. The van der Waals surface area contributed by atoms with Crippen LogP contribution in [0.2, 0.25) is 0 Å². The number of nitrogens with two attached hydrogens (primary N) is 1. The van der Waals surface area contributed by atoms with Crippen LogP contribution >= 0.6 is 0 Å². The molecule has 92 valence electrons. The number of nitrogens with zero attached hydrogens (tertiary/aromatic N) is 1. The molecule has 0 amide bonds.